The van der Waals surface area contributed by atoms with Crippen molar-refractivity contribution in [1.82, 2.24) is 19.2 Å². The zero-order valence-corrected chi connectivity index (χ0v) is 18.6. The number of piperazine rings is 1. The first-order valence-electron chi connectivity index (χ1n) is 10.4. The summed E-state index contributed by atoms with van der Waals surface area (Å²) in [6.45, 7) is 6.83. The van der Waals surface area contributed by atoms with E-state index >= 15 is 0 Å². The molecule has 1 aromatic carbocycles. The number of benzene rings is 1. The van der Waals surface area contributed by atoms with Crippen molar-refractivity contribution < 1.29 is 9.59 Å². The maximum atomic E-state index is 12.8. The van der Waals surface area contributed by atoms with Gasteiger partial charge in [0.2, 0.25) is 11.9 Å². The van der Waals surface area contributed by atoms with Crippen molar-refractivity contribution in [2.24, 2.45) is 0 Å². The molecule has 1 aromatic heterocycles. The maximum Gasteiger partial charge on any atom is 0.334 e. The van der Waals surface area contributed by atoms with Gasteiger partial charge in [-0.15, -0.1) is 0 Å². The van der Waals surface area contributed by atoms with Crippen LogP contribution in [0.1, 0.15) is 13.3 Å². The van der Waals surface area contributed by atoms with Crippen LogP contribution in [0.5, 0.6) is 0 Å². The quantitative estimate of drug-likeness (QED) is 0.690. The van der Waals surface area contributed by atoms with Gasteiger partial charge in [0.15, 0.2) is 0 Å². The summed E-state index contributed by atoms with van der Waals surface area (Å²) >= 11 is 1.44. The Morgan fingerprint density at radius 2 is 1.87 bits per heavy atom. The highest BCUT2D eigenvalue weighted by Crippen LogP contribution is 2.39. The van der Waals surface area contributed by atoms with Crippen LogP contribution in [0.15, 0.2) is 41.6 Å². The lowest BCUT2D eigenvalue weighted by Crippen LogP contribution is -2.48. The smallest absolute Gasteiger partial charge is 0.334 e. The molecule has 0 aliphatic carbocycles. The molecule has 0 radical (unpaired) electrons. The Bertz CT molecular complexity index is 935. The Labute approximate surface area is 186 Å². The lowest BCUT2D eigenvalue weighted by atomic mass is 10.2. The molecule has 1 N–H and O–H groups in total. The Morgan fingerprint density at radius 1 is 1.13 bits per heavy atom. The Kier molecular flexibility index (Phi) is 6.57. The number of nitrogens with one attached hydrogen (secondary N) is 1. The second-order valence-corrected chi connectivity index (χ2v) is 8.69. The molecule has 0 saturated carbocycles. The third-order valence-corrected chi connectivity index (χ3v) is 6.48. The van der Waals surface area contributed by atoms with E-state index in [0.717, 1.165) is 61.4 Å². The van der Waals surface area contributed by atoms with E-state index in [2.05, 4.69) is 25.1 Å². The standard InChI is InChI=1S/C21H27N7O2S/c1-16(29)24-17-5-6-18-19(15-17)31-28(21(30)25(18)2)10-4-9-26-11-13-27(14-12-26)20-22-7-3-8-23-20/h3,5-8,15H,4,9-14H2,1-2H3,(H,24,29). The molecule has 2 aromatic rings. The van der Waals surface area contributed by atoms with Crippen LogP contribution in [0.3, 0.4) is 0 Å². The van der Waals surface area contributed by atoms with Gasteiger partial charge in [-0.05, 0) is 42.6 Å². The zero-order chi connectivity index (χ0) is 21.8. The van der Waals surface area contributed by atoms with Crippen LogP contribution in [0.4, 0.5) is 22.1 Å². The van der Waals surface area contributed by atoms with Crippen molar-refractivity contribution in [2.75, 3.05) is 61.4 Å². The average molecular weight is 442 g/mol. The molecule has 1 saturated heterocycles. The van der Waals surface area contributed by atoms with Gasteiger partial charge in [0.1, 0.15) is 0 Å². The zero-order valence-electron chi connectivity index (χ0n) is 17.8. The van der Waals surface area contributed by atoms with Crippen LogP contribution >= 0.6 is 11.9 Å². The van der Waals surface area contributed by atoms with Crippen LogP contribution in [0.25, 0.3) is 0 Å². The fourth-order valence-corrected chi connectivity index (χ4v) is 4.92. The van der Waals surface area contributed by atoms with E-state index in [-0.39, 0.29) is 11.9 Å². The second-order valence-electron chi connectivity index (χ2n) is 7.63. The second kappa shape index (κ2) is 9.52. The number of rotatable bonds is 6. The van der Waals surface area contributed by atoms with Gasteiger partial charge in [-0.25, -0.2) is 14.8 Å². The number of aromatic nitrogens is 2. The number of nitrogens with zero attached hydrogens (tertiary/aromatic N) is 6. The minimum Gasteiger partial charge on any atom is -0.338 e. The monoisotopic (exact) mass is 441 g/mol. The molecule has 4 rings (SSSR count). The molecular formula is C21H27N7O2S. The van der Waals surface area contributed by atoms with Gasteiger partial charge in [0.25, 0.3) is 0 Å². The molecule has 9 nitrogen and oxygen atoms in total. The highest BCUT2D eigenvalue weighted by molar-refractivity contribution is 7.97. The van der Waals surface area contributed by atoms with E-state index in [1.807, 2.05) is 24.3 Å². The van der Waals surface area contributed by atoms with Crippen molar-refractivity contribution in [3.63, 3.8) is 0 Å². The first-order valence-corrected chi connectivity index (χ1v) is 11.2. The number of amides is 3. The molecule has 31 heavy (non-hydrogen) atoms. The molecule has 2 aliphatic heterocycles. The van der Waals surface area contributed by atoms with Crippen molar-refractivity contribution in [2.45, 2.75) is 18.2 Å². The summed E-state index contributed by atoms with van der Waals surface area (Å²) < 4.78 is 1.80. The predicted molar refractivity (Wildman–Crippen MR) is 122 cm³/mol. The molecule has 0 atom stereocenters. The van der Waals surface area contributed by atoms with E-state index < -0.39 is 0 Å². The lowest BCUT2D eigenvalue weighted by Gasteiger charge is -2.36. The Hall–Kier alpha value is -2.85. The highest BCUT2D eigenvalue weighted by Gasteiger charge is 2.29. The minimum atomic E-state index is -0.110. The number of hydrogen-bond donors (Lipinski definition) is 1. The molecule has 1 fully saturated rings. The molecule has 164 valence electrons. The average Bonchev–Trinajstić information content (AvgIpc) is 2.77. The van der Waals surface area contributed by atoms with Gasteiger partial charge in [-0.1, -0.05) is 0 Å². The maximum absolute atomic E-state index is 12.8. The molecule has 0 bridgehead atoms. The molecular weight excluding hydrogens is 414 g/mol. The normalized spacial score (nSPS) is 17.0. The van der Waals surface area contributed by atoms with E-state index in [9.17, 15) is 9.59 Å². The molecule has 2 aliphatic rings. The summed E-state index contributed by atoms with van der Waals surface area (Å²) in [6.07, 6.45) is 4.45. The van der Waals surface area contributed by atoms with Gasteiger partial charge in [-0.3, -0.25) is 18.9 Å². The van der Waals surface area contributed by atoms with Gasteiger partial charge in [0, 0.05) is 71.3 Å². The summed E-state index contributed by atoms with van der Waals surface area (Å²) in [6, 6.07) is 7.42. The van der Waals surface area contributed by atoms with Crippen molar-refractivity contribution in [3.8, 4) is 0 Å². The van der Waals surface area contributed by atoms with Crippen LogP contribution in [-0.2, 0) is 4.79 Å². The Balaban J connectivity index is 1.28. The largest absolute Gasteiger partial charge is 0.338 e. The SMILES string of the molecule is CC(=O)Nc1ccc2c(c1)SN(CCCN1CCN(c3ncccn3)CC1)C(=O)N2C. The summed E-state index contributed by atoms with van der Waals surface area (Å²) in [7, 11) is 1.79. The highest BCUT2D eigenvalue weighted by atomic mass is 32.2. The number of fused-ring (bicyclic) bond motifs is 1. The summed E-state index contributed by atoms with van der Waals surface area (Å²) in [5.74, 6) is 0.679. The van der Waals surface area contributed by atoms with Gasteiger partial charge in [0.05, 0.1) is 10.6 Å². The van der Waals surface area contributed by atoms with Crippen LogP contribution in [-0.4, -0.2) is 77.4 Å². The molecule has 3 heterocycles. The fraction of sp³-hybridized carbons (Fsp3) is 0.429. The van der Waals surface area contributed by atoms with E-state index in [4.69, 9.17) is 0 Å². The summed E-state index contributed by atoms with van der Waals surface area (Å²) in [4.78, 5) is 40.0. The predicted octanol–water partition coefficient (Wildman–Crippen LogP) is 2.53. The third-order valence-electron chi connectivity index (χ3n) is 5.39. The molecule has 0 spiro atoms. The summed E-state index contributed by atoms with van der Waals surface area (Å²) in [5.41, 5.74) is 1.60. The number of urea groups is 1. The molecule has 10 heteroatoms. The first-order chi connectivity index (χ1) is 15.0. The van der Waals surface area contributed by atoms with Gasteiger partial charge in [-0.2, -0.15) is 0 Å². The van der Waals surface area contributed by atoms with E-state index in [0.29, 0.717) is 6.54 Å². The van der Waals surface area contributed by atoms with E-state index in [1.165, 1.54) is 18.9 Å². The van der Waals surface area contributed by atoms with Crippen LogP contribution in [0.2, 0.25) is 0 Å². The van der Waals surface area contributed by atoms with Crippen LogP contribution < -0.4 is 15.1 Å². The van der Waals surface area contributed by atoms with Gasteiger partial charge >= 0.3 is 6.03 Å². The first kappa shape index (κ1) is 21.4. The third kappa shape index (κ3) is 5.08. The fourth-order valence-electron chi connectivity index (χ4n) is 3.78. The minimum absolute atomic E-state index is 0.0178. The molecule has 3 amide bonds. The van der Waals surface area contributed by atoms with Crippen molar-refractivity contribution in [3.05, 3.63) is 36.7 Å². The summed E-state index contributed by atoms with van der Waals surface area (Å²) in [5, 5.41) is 2.80. The number of anilines is 3. The van der Waals surface area contributed by atoms with Crippen molar-refractivity contribution >= 4 is 41.2 Å². The Morgan fingerprint density at radius 3 is 2.58 bits per heavy atom. The van der Waals surface area contributed by atoms with Gasteiger partial charge < -0.3 is 10.2 Å². The lowest BCUT2D eigenvalue weighted by molar-refractivity contribution is -0.114. The number of carbonyl (C=O) groups is 2. The van der Waals surface area contributed by atoms with E-state index in [1.54, 1.807) is 28.6 Å². The number of carbonyl (C=O) groups excluding carboxylic acids is 2. The topological polar surface area (TPSA) is 84.9 Å². The van der Waals surface area contributed by atoms with Crippen LogP contribution in [0, 0.1) is 0 Å². The van der Waals surface area contributed by atoms with Crippen molar-refractivity contribution in [1.29, 1.82) is 0 Å². The molecule has 0 unspecified atom stereocenters. The number of hydrogen-bond acceptors (Lipinski definition) is 7.